The lowest BCUT2D eigenvalue weighted by Gasteiger charge is -2.09. The number of hydrogen-bond acceptors (Lipinski definition) is 5. The monoisotopic (exact) mass is 324 g/mol. The zero-order chi connectivity index (χ0) is 16.0. The molecule has 0 atom stereocenters. The fourth-order valence-corrected chi connectivity index (χ4v) is 1.97. The molecule has 8 nitrogen and oxygen atoms in total. The summed E-state index contributed by atoms with van der Waals surface area (Å²) >= 11 is 0. The van der Waals surface area contributed by atoms with Crippen molar-refractivity contribution >= 4 is 27.2 Å². The van der Waals surface area contributed by atoms with E-state index in [-0.39, 0.29) is 12.4 Å². The van der Waals surface area contributed by atoms with Crippen LogP contribution in [0.4, 0.5) is 16.2 Å². The first kappa shape index (κ1) is 15.8. The largest absolute Gasteiger partial charge is 0.492 e. The quantitative estimate of drug-likeness (QED) is 0.745. The number of benzene rings is 1. The molecular formula is C13H16N4O4S. The van der Waals surface area contributed by atoms with E-state index in [1.165, 1.54) is 6.20 Å². The first-order chi connectivity index (χ1) is 10.4. The molecule has 1 aromatic carbocycles. The van der Waals surface area contributed by atoms with E-state index in [1.807, 2.05) is 0 Å². The lowest BCUT2D eigenvalue weighted by molar-refractivity contribution is 0.262. The maximum Gasteiger partial charge on any atom is 0.323 e. The van der Waals surface area contributed by atoms with Crippen LogP contribution < -0.4 is 15.4 Å². The predicted octanol–water partition coefficient (Wildman–Crippen LogP) is 1.48. The van der Waals surface area contributed by atoms with Gasteiger partial charge in [0.25, 0.3) is 0 Å². The van der Waals surface area contributed by atoms with Crippen LogP contribution in [0, 0.1) is 0 Å². The molecule has 0 aliphatic carbocycles. The summed E-state index contributed by atoms with van der Waals surface area (Å²) in [7, 11) is -3.07. The molecular weight excluding hydrogens is 308 g/mol. The van der Waals surface area contributed by atoms with Crippen LogP contribution in [0.2, 0.25) is 0 Å². The van der Waals surface area contributed by atoms with Gasteiger partial charge in [-0.3, -0.25) is 5.10 Å². The Labute approximate surface area is 127 Å². The molecule has 0 unspecified atom stereocenters. The number of nitrogens with zero attached hydrogens (tertiary/aromatic N) is 1. The summed E-state index contributed by atoms with van der Waals surface area (Å²) in [5.74, 6) is 0.413. The van der Waals surface area contributed by atoms with Gasteiger partial charge >= 0.3 is 6.03 Å². The smallest absolute Gasteiger partial charge is 0.323 e. The first-order valence-electron chi connectivity index (χ1n) is 6.40. The number of carbonyl (C=O) groups is 1. The van der Waals surface area contributed by atoms with Crippen LogP contribution in [0.5, 0.6) is 5.75 Å². The molecule has 118 valence electrons. The predicted molar refractivity (Wildman–Crippen MR) is 82.9 cm³/mol. The molecule has 0 saturated heterocycles. The molecule has 2 aromatic rings. The van der Waals surface area contributed by atoms with Crippen LogP contribution in [-0.4, -0.2) is 43.3 Å². The molecule has 2 amide bonds. The van der Waals surface area contributed by atoms with E-state index in [4.69, 9.17) is 4.74 Å². The number of aromatic nitrogens is 2. The van der Waals surface area contributed by atoms with Crippen LogP contribution >= 0.6 is 0 Å². The van der Waals surface area contributed by atoms with Crippen molar-refractivity contribution in [1.29, 1.82) is 0 Å². The molecule has 0 aliphatic heterocycles. The molecule has 1 aromatic heterocycles. The Bertz CT molecular complexity index is 728. The number of H-pyrrole nitrogens is 1. The van der Waals surface area contributed by atoms with Crippen molar-refractivity contribution in [2.24, 2.45) is 0 Å². The van der Waals surface area contributed by atoms with Crippen molar-refractivity contribution in [3.63, 3.8) is 0 Å². The Balaban J connectivity index is 1.89. The van der Waals surface area contributed by atoms with Gasteiger partial charge in [0.1, 0.15) is 12.4 Å². The molecule has 0 radical (unpaired) electrons. The van der Waals surface area contributed by atoms with E-state index in [9.17, 15) is 13.2 Å². The Morgan fingerprint density at radius 1 is 1.32 bits per heavy atom. The Morgan fingerprint density at radius 2 is 2.09 bits per heavy atom. The van der Waals surface area contributed by atoms with Crippen molar-refractivity contribution < 1.29 is 17.9 Å². The van der Waals surface area contributed by atoms with Crippen LogP contribution in [0.1, 0.15) is 0 Å². The molecule has 9 heteroatoms. The number of hydrogen-bond donors (Lipinski definition) is 3. The first-order valence-corrected chi connectivity index (χ1v) is 8.46. The Kier molecular flexibility index (Phi) is 4.99. The fourth-order valence-electron chi connectivity index (χ4n) is 1.59. The van der Waals surface area contributed by atoms with Gasteiger partial charge in [0.2, 0.25) is 0 Å². The third kappa shape index (κ3) is 5.44. The van der Waals surface area contributed by atoms with Gasteiger partial charge in [0, 0.05) is 24.2 Å². The van der Waals surface area contributed by atoms with E-state index >= 15 is 0 Å². The molecule has 0 aliphatic rings. The second-order valence-electron chi connectivity index (χ2n) is 4.57. The topological polar surface area (TPSA) is 113 Å². The number of nitrogens with one attached hydrogen (secondary N) is 3. The fraction of sp³-hybridized carbons (Fsp3) is 0.231. The molecule has 2 rings (SSSR count). The second-order valence-corrected chi connectivity index (χ2v) is 6.83. The van der Waals surface area contributed by atoms with Gasteiger partial charge < -0.3 is 15.4 Å². The van der Waals surface area contributed by atoms with Gasteiger partial charge in [-0.15, -0.1) is 0 Å². The molecule has 0 saturated carbocycles. The van der Waals surface area contributed by atoms with E-state index in [0.29, 0.717) is 17.1 Å². The van der Waals surface area contributed by atoms with Gasteiger partial charge in [0.05, 0.1) is 17.6 Å². The molecule has 3 N–H and O–H groups in total. The third-order valence-electron chi connectivity index (χ3n) is 2.57. The van der Waals surface area contributed by atoms with Crippen LogP contribution in [0.25, 0.3) is 0 Å². The average Bonchev–Trinajstić information content (AvgIpc) is 2.90. The van der Waals surface area contributed by atoms with E-state index in [2.05, 4.69) is 20.8 Å². The third-order valence-corrected chi connectivity index (χ3v) is 3.48. The summed E-state index contributed by atoms with van der Waals surface area (Å²) < 4.78 is 27.4. The summed E-state index contributed by atoms with van der Waals surface area (Å²) in [5.41, 5.74) is 1.07. The molecule has 0 fully saturated rings. The number of ether oxygens (including phenoxy) is 1. The lowest BCUT2D eigenvalue weighted by Crippen LogP contribution is -2.19. The van der Waals surface area contributed by atoms with Gasteiger partial charge in [-0.25, -0.2) is 13.2 Å². The SMILES string of the molecule is CS(=O)(=O)CCOc1cccc(NC(=O)Nc2cn[nH]c2)c1. The summed E-state index contributed by atoms with van der Waals surface area (Å²) in [6.45, 7) is 0.0590. The maximum absolute atomic E-state index is 11.8. The van der Waals surface area contributed by atoms with Crippen LogP contribution in [-0.2, 0) is 9.84 Å². The summed E-state index contributed by atoms with van der Waals surface area (Å²) in [6, 6.07) is 6.26. The van der Waals surface area contributed by atoms with Crippen molar-refractivity contribution in [2.75, 3.05) is 29.2 Å². The van der Waals surface area contributed by atoms with E-state index < -0.39 is 15.9 Å². The highest BCUT2D eigenvalue weighted by Crippen LogP contribution is 2.17. The summed E-state index contributed by atoms with van der Waals surface area (Å²) in [5, 5.41) is 11.5. The summed E-state index contributed by atoms with van der Waals surface area (Å²) in [6.07, 6.45) is 4.17. The molecule has 22 heavy (non-hydrogen) atoms. The highest BCUT2D eigenvalue weighted by atomic mass is 32.2. The maximum atomic E-state index is 11.8. The normalized spacial score (nSPS) is 11.0. The minimum Gasteiger partial charge on any atom is -0.492 e. The average molecular weight is 324 g/mol. The standard InChI is InChI=1S/C13H16N4O4S/c1-22(19,20)6-5-21-12-4-2-3-10(7-12)16-13(18)17-11-8-14-15-9-11/h2-4,7-9H,5-6H2,1H3,(H,14,15)(H2,16,17,18). The summed E-state index contributed by atoms with van der Waals surface area (Å²) in [4.78, 5) is 11.8. The molecule has 0 spiro atoms. The number of sulfone groups is 1. The zero-order valence-corrected chi connectivity index (χ0v) is 12.7. The molecule has 0 bridgehead atoms. The van der Waals surface area contributed by atoms with Crippen molar-refractivity contribution in [1.82, 2.24) is 10.2 Å². The minimum absolute atomic E-state index is 0.0590. The van der Waals surface area contributed by atoms with Crippen LogP contribution in [0.3, 0.4) is 0 Å². The Morgan fingerprint density at radius 3 is 2.77 bits per heavy atom. The highest BCUT2D eigenvalue weighted by molar-refractivity contribution is 7.90. The van der Waals surface area contributed by atoms with E-state index in [1.54, 1.807) is 30.5 Å². The zero-order valence-electron chi connectivity index (χ0n) is 11.9. The van der Waals surface area contributed by atoms with E-state index in [0.717, 1.165) is 6.26 Å². The highest BCUT2D eigenvalue weighted by Gasteiger charge is 2.06. The number of amides is 2. The van der Waals surface area contributed by atoms with Gasteiger partial charge in [-0.1, -0.05) is 6.07 Å². The second kappa shape index (κ2) is 6.94. The lowest BCUT2D eigenvalue weighted by atomic mass is 10.3. The van der Waals surface area contributed by atoms with Gasteiger partial charge in [-0.2, -0.15) is 5.10 Å². The van der Waals surface area contributed by atoms with Gasteiger partial charge in [0.15, 0.2) is 9.84 Å². The van der Waals surface area contributed by atoms with Crippen molar-refractivity contribution in [2.45, 2.75) is 0 Å². The minimum atomic E-state index is -3.07. The van der Waals surface area contributed by atoms with Crippen molar-refractivity contribution in [3.05, 3.63) is 36.7 Å². The van der Waals surface area contributed by atoms with Gasteiger partial charge in [-0.05, 0) is 12.1 Å². The number of aromatic amines is 1. The number of rotatable bonds is 6. The number of anilines is 2. The van der Waals surface area contributed by atoms with Crippen LogP contribution in [0.15, 0.2) is 36.7 Å². The number of urea groups is 1. The number of carbonyl (C=O) groups excluding carboxylic acids is 1. The Hall–Kier alpha value is -2.55. The molecule has 1 heterocycles. The van der Waals surface area contributed by atoms with Crippen molar-refractivity contribution in [3.8, 4) is 5.75 Å².